The maximum Gasteiger partial charge on any atom is 0.0806 e. The molecule has 0 aromatic heterocycles. The Hall–Kier alpha value is 0.820. The highest BCUT2D eigenvalue weighted by Crippen LogP contribution is 2.60. The normalized spacial score (nSPS) is 15.3. The molecule has 0 aliphatic carbocycles. The van der Waals surface area contributed by atoms with Crippen molar-refractivity contribution in [2.75, 3.05) is 24.6 Å². The van der Waals surface area contributed by atoms with E-state index in [1.165, 1.54) is 121 Å². The third-order valence-electron chi connectivity index (χ3n) is 7.07. The van der Waals surface area contributed by atoms with Gasteiger partial charge < -0.3 is 5.11 Å². The van der Waals surface area contributed by atoms with Crippen molar-refractivity contribution in [1.29, 1.82) is 0 Å². The first kappa shape index (κ1) is 30.8. The van der Waals surface area contributed by atoms with E-state index in [9.17, 15) is 5.11 Å². The van der Waals surface area contributed by atoms with E-state index >= 15 is 0 Å². The maximum absolute atomic E-state index is 11.3. The molecule has 0 aromatic rings. The lowest BCUT2D eigenvalue weighted by atomic mass is 9.87. The second kappa shape index (κ2) is 19.3. The first-order valence-electron chi connectivity index (χ1n) is 13.8. The highest BCUT2D eigenvalue weighted by molar-refractivity contribution is 7.75. The smallest absolute Gasteiger partial charge is 0.0806 e. The third kappa shape index (κ3) is 14.1. The van der Waals surface area contributed by atoms with E-state index in [4.69, 9.17) is 0 Å². The molecule has 0 fully saturated rings. The Morgan fingerprint density at radius 2 is 1.07 bits per heavy atom. The molecule has 0 aromatic carbocycles. The van der Waals surface area contributed by atoms with E-state index in [-0.39, 0.29) is 0 Å². The Morgan fingerprint density at radius 3 is 1.53 bits per heavy atom. The first-order chi connectivity index (χ1) is 14.4. The van der Waals surface area contributed by atoms with Crippen molar-refractivity contribution in [2.45, 2.75) is 143 Å². The second-order valence-electron chi connectivity index (χ2n) is 10.1. The fraction of sp³-hybridized carbons (Fsp3) is 1.00. The Balaban J connectivity index is 4.75. The van der Waals surface area contributed by atoms with Crippen LogP contribution in [0.5, 0.6) is 0 Å². The zero-order valence-electron chi connectivity index (χ0n) is 21.7. The van der Waals surface area contributed by atoms with Gasteiger partial charge in [-0.1, -0.05) is 86.0 Å². The largest absolute Gasteiger partial charge is 0.386 e. The van der Waals surface area contributed by atoms with E-state index in [1.807, 2.05) is 0 Å². The van der Waals surface area contributed by atoms with Crippen LogP contribution in [0.25, 0.3) is 0 Å². The summed E-state index contributed by atoms with van der Waals surface area (Å²) in [6.45, 7) is 11.7. The number of aliphatic hydroxyl groups is 1. The van der Waals surface area contributed by atoms with E-state index in [0.717, 1.165) is 6.42 Å². The molecule has 30 heavy (non-hydrogen) atoms. The Bertz CT molecular complexity index is 353. The Morgan fingerprint density at radius 1 is 0.600 bits per heavy atom. The predicted octanol–water partition coefficient (Wildman–Crippen LogP) is 9.52. The van der Waals surface area contributed by atoms with Crippen LogP contribution in [0.1, 0.15) is 137 Å². The lowest BCUT2D eigenvalue weighted by Gasteiger charge is -2.34. The average molecular weight is 462 g/mol. The zero-order valence-corrected chi connectivity index (χ0v) is 23.7. The molecule has 0 aliphatic rings. The van der Waals surface area contributed by atoms with Crippen molar-refractivity contribution >= 4 is 16.5 Å². The topological polar surface area (TPSA) is 20.2 Å². The summed E-state index contributed by atoms with van der Waals surface area (Å²) in [5.74, 6) is 0.470. The van der Waals surface area contributed by atoms with Gasteiger partial charge in [-0.2, -0.15) is 0 Å². The number of unbranched alkanes of at least 4 members (excludes halogenated alkanes) is 7. The molecule has 182 valence electrons. The summed E-state index contributed by atoms with van der Waals surface area (Å²) in [6.07, 6.45) is 26.6. The summed E-state index contributed by atoms with van der Waals surface area (Å²) in [5, 5.41) is 10.8. The van der Waals surface area contributed by atoms with Crippen molar-refractivity contribution in [1.82, 2.24) is 0 Å². The Kier molecular flexibility index (Phi) is 19.8. The van der Waals surface area contributed by atoms with Crippen LogP contribution in [0.2, 0.25) is 0 Å². The van der Waals surface area contributed by atoms with Crippen LogP contribution in [-0.2, 0) is 0 Å². The summed E-state index contributed by atoms with van der Waals surface area (Å²) in [5.41, 5.74) is 0. The van der Waals surface area contributed by atoms with Gasteiger partial charge >= 0.3 is 0 Å². The molecule has 0 heterocycles. The van der Waals surface area contributed by atoms with E-state index in [2.05, 4.69) is 43.9 Å². The fourth-order valence-corrected chi connectivity index (χ4v) is 11.1. The van der Waals surface area contributed by atoms with Crippen molar-refractivity contribution < 1.29 is 5.11 Å². The van der Waals surface area contributed by atoms with Gasteiger partial charge in [-0.15, -0.1) is 9.24 Å². The van der Waals surface area contributed by atoms with E-state index in [0.29, 0.717) is 5.92 Å². The van der Waals surface area contributed by atoms with Gasteiger partial charge in [-0.25, -0.2) is 0 Å². The standard InChI is InChI=1S/C27H59OP2/c1-6-11-13-15-19-26(27(28,29)21-17-14-12-7-2)20-16-18-25-30(22-8-3,23-9-4)24-10-5/h26,28H,6-25,29H2,1-5H3/q+1. The van der Waals surface area contributed by atoms with Gasteiger partial charge in [0.05, 0.1) is 30.0 Å². The molecule has 0 saturated heterocycles. The van der Waals surface area contributed by atoms with Gasteiger partial charge in [0.15, 0.2) is 0 Å². The van der Waals surface area contributed by atoms with Crippen LogP contribution in [0.4, 0.5) is 0 Å². The minimum atomic E-state index is -0.720. The predicted molar refractivity (Wildman–Crippen MR) is 147 cm³/mol. The average Bonchev–Trinajstić information content (AvgIpc) is 2.70. The molecule has 1 nitrogen and oxygen atoms in total. The maximum atomic E-state index is 11.3. The number of hydrogen-bond acceptors (Lipinski definition) is 1. The zero-order chi connectivity index (χ0) is 22.7. The minimum Gasteiger partial charge on any atom is -0.386 e. The molecular formula is C27H59OP2+. The molecule has 0 rings (SSSR count). The Labute approximate surface area is 194 Å². The molecule has 0 spiro atoms. The molecule has 0 aliphatic heterocycles. The number of rotatable bonds is 22. The van der Waals surface area contributed by atoms with Crippen LogP contribution in [0.3, 0.4) is 0 Å². The highest BCUT2D eigenvalue weighted by atomic mass is 31.2. The molecule has 0 bridgehead atoms. The quantitative estimate of drug-likeness (QED) is 0.126. The van der Waals surface area contributed by atoms with Crippen molar-refractivity contribution in [3.05, 3.63) is 0 Å². The van der Waals surface area contributed by atoms with Gasteiger partial charge in [0, 0.05) is 7.26 Å². The molecule has 0 saturated carbocycles. The monoisotopic (exact) mass is 461 g/mol. The van der Waals surface area contributed by atoms with E-state index in [1.54, 1.807) is 0 Å². The van der Waals surface area contributed by atoms with Crippen LogP contribution in [0.15, 0.2) is 0 Å². The van der Waals surface area contributed by atoms with Gasteiger partial charge in [0.25, 0.3) is 0 Å². The van der Waals surface area contributed by atoms with Gasteiger partial charge in [0.2, 0.25) is 0 Å². The van der Waals surface area contributed by atoms with Crippen molar-refractivity contribution in [2.24, 2.45) is 5.92 Å². The van der Waals surface area contributed by atoms with Gasteiger partial charge in [-0.05, 0) is 57.3 Å². The highest BCUT2D eigenvalue weighted by Gasteiger charge is 2.35. The number of hydrogen-bond donors (Lipinski definition) is 1. The second-order valence-corrected chi connectivity index (χ2v) is 15.6. The fourth-order valence-electron chi connectivity index (χ4n) is 5.43. The lowest BCUT2D eigenvalue weighted by molar-refractivity contribution is 0.0480. The summed E-state index contributed by atoms with van der Waals surface area (Å²) in [6, 6.07) is 0. The SMILES string of the molecule is CCCCCCC(CCCC[P+](CCC)(CCC)CCC)C(O)(P)CCCCCC. The molecule has 0 amide bonds. The van der Waals surface area contributed by atoms with Gasteiger partial charge in [0.1, 0.15) is 0 Å². The van der Waals surface area contributed by atoms with Gasteiger partial charge in [-0.3, -0.25) is 0 Å². The summed E-state index contributed by atoms with van der Waals surface area (Å²) < 4.78 is 0. The molecular weight excluding hydrogens is 402 g/mol. The van der Waals surface area contributed by atoms with Crippen LogP contribution >= 0.6 is 16.5 Å². The van der Waals surface area contributed by atoms with Crippen molar-refractivity contribution in [3.8, 4) is 0 Å². The summed E-state index contributed by atoms with van der Waals surface area (Å²) >= 11 is 0. The molecule has 1 N–H and O–H groups in total. The van der Waals surface area contributed by atoms with E-state index < -0.39 is 12.6 Å². The van der Waals surface area contributed by atoms with Crippen LogP contribution in [-0.4, -0.2) is 35.1 Å². The van der Waals surface area contributed by atoms with Crippen molar-refractivity contribution in [3.63, 3.8) is 0 Å². The molecule has 3 atom stereocenters. The van der Waals surface area contributed by atoms with Crippen LogP contribution < -0.4 is 0 Å². The molecule has 3 heteroatoms. The lowest BCUT2D eigenvalue weighted by Crippen LogP contribution is -2.31. The molecule has 3 unspecified atom stereocenters. The molecule has 0 radical (unpaired) electrons. The first-order valence-corrected chi connectivity index (χ1v) is 16.9. The minimum absolute atomic E-state index is 0.470. The summed E-state index contributed by atoms with van der Waals surface area (Å²) in [7, 11) is 2.17. The van der Waals surface area contributed by atoms with Crippen LogP contribution in [0, 0.1) is 5.92 Å². The summed E-state index contributed by atoms with van der Waals surface area (Å²) in [4.78, 5) is 0. The third-order valence-corrected chi connectivity index (χ3v) is 13.3.